The van der Waals surface area contributed by atoms with E-state index in [-0.39, 0.29) is 5.97 Å². The lowest BCUT2D eigenvalue weighted by molar-refractivity contribution is -0.143. The molecule has 0 atom stereocenters. The van der Waals surface area contributed by atoms with Crippen LogP contribution in [0.3, 0.4) is 0 Å². The summed E-state index contributed by atoms with van der Waals surface area (Å²) in [5, 5.41) is 0. The largest absolute Gasteiger partial charge is 0.466 e. The van der Waals surface area contributed by atoms with Gasteiger partial charge in [0.25, 0.3) is 0 Å². The predicted octanol–water partition coefficient (Wildman–Crippen LogP) is 7.84. The third kappa shape index (κ3) is 18.1. The highest BCUT2D eigenvalue weighted by Gasteiger charge is 2.09. The van der Waals surface area contributed by atoms with E-state index >= 15 is 0 Å². The summed E-state index contributed by atoms with van der Waals surface area (Å²) in [4.78, 5) is 11.6. The highest BCUT2D eigenvalue weighted by atomic mass is 16.5. The third-order valence-electron chi connectivity index (χ3n) is 5.19. The number of carbonyl (C=O) groups excluding carboxylic acids is 1. The van der Waals surface area contributed by atoms with Crippen LogP contribution in [0.5, 0.6) is 0 Å². The highest BCUT2D eigenvalue weighted by Crippen LogP contribution is 2.23. The van der Waals surface area contributed by atoms with E-state index in [2.05, 4.69) is 20.8 Å². The van der Waals surface area contributed by atoms with Gasteiger partial charge in [-0.25, -0.2) is 0 Å². The van der Waals surface area contributed by atoms with Crippen LogP contribution in [0.25, 0.3) is 0 Å². The zero-order valence-corrected chi connectivity index (χ0v) is 17.6. The van der Waals surface area contributed by atoms with Crippen LogP contribution < -0.4 is 0 Å². The monoisotopic (exact) mass is 354 g/mol. The minimum Gasteiger partial charge on any atom is -0.466 e. The van der Waals surface area contributed by atoms with Crippen LogP contribution in [0, 0.1) is 5.92 Å². The number of carbonyl (C=O) groups is 1. The van der Waals surface area contributed by atoms with Gasteiger partial charge in [-0.3, -0.25) is 4.79 Å². The van der Waals surface area contributed by atoms with E-state index in [1.54, 1.807) is 0 Å². The second-order valence-electron chi connectivity index (χ2n) is 7.74. The van der Waals surface area contributed by atoms with E-state index in [4.69, 9.17) is 4.74 Å². The maximum Gasteiger partial charge on any atom is 0.305 e. The van der Waals surface area contributed by atoms with Gasteiger partial charge in [0.05, 0.1) is 6.61 Å². The maximum absolute atomic E-state index is 11.6. The molecule has 150 valence electrons. The average molecular weight is 355 g/mol. The first kappa shape index (κ1) is 24.5. The molecule has 0 aromatic heterocycles. The number of unbranched alkanes of at least 4 members (excludes halogenated alkanes) is 9. The van der Waals surface area contributed by atoms with E-state index in [1.165, 1.54) is 83.5 Å². The molecular weight excluding hydrogens is 308 g/mol. The molecule has 2 nitrogen and oxygen atoms in total. The highest BCUT2D eigenvalue weighted by molar-refractivity contribution is 5.69. The standard InChI is InChI=1S/C23H46O2/c1-4-7-10-12-14-17-22(18-15-13-11-8-5-2)19-16-21-25-23(24)20-9-6-3/h22H,4-21H2,1-3H3. The summed E-state index contributed by atoms with van der Waals surface area (Å²) in [5.74, 6) is 0.843. The molecule has 0 aromatic carbocycles. The van der Waals surface area contributed by atoms with Gasteiger partial charge < -0.3 is 4.74 Å². The number of hydrogen-bond acceptors (Lipinski definition) is 2. The van der Waals surface area contributed by atoms with E-state index in [1.807, 2.05) is 0 Å². The lowest BCUT2D eigenvalue weighted by Crippen LogP contribution is -2.08. The number of hydrogen-bond donors (Lipinski definition) is 0. The van der Waals surface area contributed by atoms with Gasteiger partial charge in [0.1, 0.15) is 0 Å². The van der Waals surface area contributed by atoms with Crippen LogP contribution in [0.2, 0.25) is 0 Å². The molecule has 0 N–H and O–H groups in total. The van der Waals surface area contributed by atoms with Crippen LogP contribution in [0.15, 0.2) is 0 Å². The van der Waals surface area contributed by atoms with Crippen LogP contribution in [0.4, 0.5) is 0 Å². The Morgan fingerprint density at radius 2 is 1.12 bits per heavy atom. The fourth-order valence-electron chi connectivity index (χ4n) is 3.46. The van der Waals surface area contributed by atoms with Crippen molar-refractivity contribution in [1.29, 1.82) is 0 Å². The molecule has 0 heterocycles. The van der Waals surface area contributed by atoms with Gasteiger partial charge in [-0.05, 0) is 25.2 Å². The zero-order valence-electron chi connectivity index (χ0n) is 17.6. The molecule has 25 heavy (non-hydrogen) atoms. The molecule has 0 unspecified atom stereocenters. The SMILES string of the molecule is CCCCCCCC(CCCCCCC)CCCOC(=O)CCCC. The topological polar surface area (TPSA) is 26.3 Å². The van der Waals surface area contributed by atoms with Crippen LogP contribution in [-0.2, 0) is 9.53 Å². The molecule has 0 saturated carbocycles. The van der Waals surface area contributed by atoms with Gasteiger partial charge in [-0.1, -0.05) is 104 Å². The first-order chi connectivity index (χ1) is 12.2. The van der Waals surface area contributed by atoms with Crippen molar-refractivity contribution in [2.24, 2.45) is 5.92 Å². The minimum absolute atomic E-state index is 0.00229. The molecule has 0 aliphatic carbocycles. The van der Waals surface area contributed by atoms with Crippen LogP contribution in [0.1, 0.15) is 130 Å². The average Bonchev–Trinajstić information content (AvgIpc) is 2.62. The molecule has 0 aliphatic rings. The Morgan fingerprint density at radius 3 is 1.64 bits per heavy atom. The van der Waals surface area contributed by atoms with Gasteiger partial charge >= 0.3 is 5.97 Å². The molecule has 0 aromatic rings. The van der Waals surface area contributed by atoms with E-state index in [0.29, 0.717) is 13.0 Å². The number of esters is 1. The fourth-order valence-corrected chi connectivity index (χ4v) is 3.46. The van der Waals surface area contributed by atoms with Crippen molar-refractivity contribution in [3.8, 4) is 0 Å². The molecule has 0 radical (unpaired) electrons. The summed E-state index contributed by atoms with van der Waals surface area (Å²) in [6.07, 6.45) is 21.4. The van der Waals surface area contributed by atoms with Crippen LogP contribution in [-0.4, -0.2) is 12.6 Å². The Hall–Kier alpha value is -0.530. The van der Waals surface area contributed by atoms with E-state index in [9.17, 15) is 4.79 Å². The molecule has 0 bridgehead atoms. The van der Waals surface area contributed by atoms with E-state index in [0.717, 1.165) is 25.2 Å². The lowest BCUT2D eigenvalue weighted by Gasteiger charge is -2.17. The van der Waals surface area contributed by atoms with Crippen molar-refractivity contribution in [2.75, 3.05) is 6.61 Å². The smallest absolute Gasteiger partial charge is 0.305 e. The molecule has 0 rings (SSSR count). The molecular formula is C23H46O2. The summed E-state index contributed by atoms with van der Waals surface area (Å²) in [6, 6.07) is 0. The van der Waals surface area contributed by atoms with Crippen molar-refractivity contribution in [3.05, 3.63) is 0 Å². The summed E-state index contributed by atoms with van der Waals surface area (Å²) in [5.41, 5.74) is 0. The van der Waals surface area contributed by atoms with Crippen molar-refractivity contribution >= 4 is 5.97 Å². The Labute approximate surface area is 158 Å². The van der Waals surface area contributed by atoms with Gasteiger partial charge in [0.15, 0.2) is 0 Å². The molecule has 2 heteroatoms. The Balaban J connectivity index is 3.87. The van der Waals surface area contributed by atoms with Gasteiger partial charge in [0, 0.05) is 6.42 Å². The Kier molecular flexibility index (Phi) is 19.4. The molecule has 0 fully saturated rings. The predicted molar refractivity (Wildman–Crippen MR) is 110 cm³/mol. The lowest BCUT2D eigenvalue weighted by atomic mass is 9.90. The van der Waals surface area contributed by atoms with Crippen molar-refractivity contribution in [2.45, 2.75) is 130 Å². The van der Waals surface area contributed by atoms with Gasteiger partial charge in [-0.2, -0.15) is 0 Å². The van der Waals surface area contributed by atoms with Crippen LogP contribution >= 0.6 is 0 Å². The first-order valence-corrected chi connectivity index (χ1v) is 11.4. The minimum atomic E-state index is -0.00229. The number of rotatable bonds is 19. The fraction of sp³-hybridized carbons (Fsp3) is 0.957. The van der Waals surface area contributed by atoms with E-state index < -0.39 is 0 Å². The number of ether oxygens (including phenoxy) is 1. The Bertz CT molecular complexity index is 261. The first-order valence-electron chi connectivity index (χ1n) is 11.4. The molecule has 0 aliphatic heterocycles. The quantitative estimate of drug-likeness (QED) is 0.174. The summed E-state index contributed by atoms with van der Waals surface area (Å²) < 4.78 is 5.37. The third-order valence-corrected chi connectivity index (χ3v) is 5.19. The summed E-state index contributed by atoms with van der Waals surface area (Å²) in [6.45, 7) is 7.30. The van der Waals surface area contributed by atoms with Crippen molar-refractivity contribution in [1.82, 2.24) is 0 Å². The van der Waals surface area contributed by atoms with Gasteiger partial charge in [-0.15, -0.1) is 0 Å². The van der Waals surface area contributed by atoms with Gasteiger partial charge in [0.2, 0.25) is 0 Å². The maximum atomic E-state index is 11.6. The zero-order chi connectivity index (χ0) is 18.6. The molecule has 0 saturated heterocycles. The molecule has 0 amide bonds. The summed E-state index contributed by atoms with van der Waals surface area (Å²) >= 11 is 0. The molecule has 0 spiro atoms. The second kappa shape index (κ2) is 19.8. The second-order valence-corrected chi connectivity index (χ2v) is 7.74. The Morgan fingerprint density at radius 1 is 0.640 bits per heavy atom. The van der Waals surface area contributed by atoms with Crippen molar-refractivity contribution < 1.29 is 9.53 Å². The summed E-state index contributed by atoms with van der Waals surface area (Å²) in [7, 11) is 0. The van der Waals surface area contributed by atoms with Crippen molar-refractivity contribution in [3.63, 3.8) is 0 Å². The normalized spacial score (nSPS) is 11.2.